The predicted octanol–water partition coefficient (Wildman–Crippen LogP) is -0.357. The first-order valence-corrected chi connectivity index (χ1v) is 3.96. The molecule has 0 aliphatic heterocycles. The summed E-state index contributed by atoms with van der Waals surface area (Å²) in [5.41, 5.74) is -1.39. The molecule has 0 saturated carbocycles. The molecule has 0 bridgehead atoms. The highest BCUT2D eigenvalue weighted by atomic mass is 16.3. The maximum Gasteiger partial charge on any atom is 0.252 e. The van der Waals surface area contributed by atoms with Gasteiger partial charge in [0.25, 0.3) is 5.91 Å². The zero-order valence-electron chi connectivity index (χ0n) is 7.96. The lowest BCUT2D eigenvalue weighted by Crippen LogP contribution is -2.49. The van der Waals surface area contributed by atoms with Crippen LogP contribution in [0.5, 0.6) is 0 Å². The fraction of sp³-hybridized carbons (Fsp3) is 0.875. The van der Waals surface area contributed by atoms with Crippen LogP contribution in [0.4, 0.5) is 0 Å². The molecule has 0 fully saturated rings. The van der Waals surface area contributed by atoms with E-state index in [-0.39, 0.29) is 6.04 Å². The molecule has 12 heavy (non-hydrogen) atoms. The van der Waals surface area contributed by atoms with Crippen LogP contribution in [0.2, 0.25) is 0 Å². The molecule has 0 aromatic heterocycles. The molecule has 0 unspecified atom stereocenters. The number of rotatable bonds is 3. The third-order valence-electron chi connectivity index (χ3n) is 1.35. The number of carbonyl (C=O) groups is 1. The highest BCUT2D eigenvalue weighted by molar-refractivity contribution is 5.81. The van der Waals surface area contributed by atoms with Gasteiger partial charge in [0.05, 0.1) is 5.60 Å². The van der Waals surface area contributed by atoms with Gasteiger partial charge in [0.2, 0.25) is 0 Å². The largest absolute Gasteiger partial charge is 0.387 e. The molecule has 72 valence electrons. The molecule has 0 aromatic rings. The summed E-state index contributed by atoms with van der Waals surface area (Å²) in [4.78, 5) is 11.1. The molecule has 0 aromatic carbocycles. The van der Waals surface area contributed by atoms with E-state index < -0.39 is 17.6 Å². The van der Waals surface area contributed by atoms with Crippen LogP contribution in [0.1, 0.15) is 27.7 Å². The van der Waals surface area contributed by atoms with Crippen LogP contribution >= 0.6 is 0 Å². The number of hydrogen-bond acceptors (Lipinski definition) is 3. The highest BCUT2D eigenvalue weighted by Gasteiger charge is 2.31. The Hall–Kier alpha value is -0.610. The summed E-state index contributed by atoms with van der Waals surface area (Å²) in [5, 5.41) is 21.0. The van der Waals surface area contributed by atoms with Gasteiger partial charge in [0, 0.05) is 6.04 Å². The molecular formula is C8H17NO3. The fourth-order valence-corrected chi connectivity index (χ4v) is 0.684. The summed E-state index contributed by atoms with van der Waals surface area (Å²) in [6, 6.07) is -0.0329. The monoisotopic (exact) mass is 175 g/mol. The molecule has 0 rings (SSSR count). The van der Waals surface area contributed by atoms with Gasteiger partial charge in [-0.25, -0.2) is 0 Å². The number of nitrogens with one attached hydrogen (secondary N) is 1. The zero-order valence-corrected chi connectivity index (χ0v) is 7.96. The summed E-state index contributed by atoms with van der Waals surface area (Å²) in [7, 11) is 0. The minimum absolute atomic E-state index is 0.0329. The van der Waals surface area contributed by atoms with Gasteiger partial charge in [-0.2, -0.15) is 0 Å². The quantitative estimate of drug-likeness (QED) is 0.548. The Morgan fingerprint density at radius 3 is 2.08 bits per heavy atom. The number of aliphatic hydroxyl groups is 2. The Morgan fingerprint density at radius 1 is 1.42 bits per heavy atom. The molecule has 0 heterocycles. The van der Waals surface area contributed by atoms with Crippen molar-refractivity contribution in [3.63, 3.8) is 0 Å². The Kier molecular flexibility index (Phi) is 3.67. The Labute approximate surface area is 72.6 Å². The molecule has 3 N–H and O–H groups in total. The first kappa shape index (κ1) is 11.4. The molecule has 1 amide bonds. The summed E-state index contributed by atoms with van der Waals surface area (Å²) < 4.78 is 0. The molecule has 0 aliphatic carbocycles. The van der Waals surface area contributed by atoms with Gasteiger partial charge >= 0.3 is 0 Å². The van der Waals surface area contributed by atoms with E-state index in [1.807, 2.05) is 0 Å². The lowest BCUT2D eigenvalue weighted by Gasteiger charge is -2.24. The van der Waals surface area contributed by atoms with E-state index in [4.69, 9.17) is 0 Å². The molecule has 0 spiro atoms. The van der Waals surface area contributed by atoms with Crippen molar-refractivity contribution in [3.05, 3.63) is 0 Å². The van der Waals surface area contributed by atoms with Crippen LogP contribution in [0, 0.1) is 0 Å². The molecule has 4 nitrogen and oxygen atoms in total. The topological polar surface area (TPSA) is 69.6 Å². The van der Waals surface area contributed by atoms with E-state index in [0.717, 1.165) is 0 Å². The average molecular weight is 175 g/mol. The smallest absolute Gasteiger partial charge is 0.252 e. The molecule has 0 radical (unpaired) electrons. The zero-order chi connectivity index (χ0) is 9.94. The first-order chi connectivity index (χ1) is 5.25. The van der Waals surface area contributed by atoms with Crippen molar-refractivity contribution in [2.24, 2.45) is 0 Å². The molecular weight excluding hydrogens is 158 g/mol. The second kappa shape index (κ2) is 3.87. The second-order valence-corrected chi connectivity index (χ2v) is 3.72. The average Bonchev–Trinajstić information content (AvgIpc) is 1.82. The van der Waals surface area contributed by atoms with Crippen LogP contribution in [-0.4, -0.2) is 33.9 Å². The SMILES string of the molecule is CC(C)NC(=O)[C@@H](O)C(C)(C)O. The molecule has 0 saturated heterocycles. The number of amides is 1. The normalized spacial score (nSPS) is 14.6. The fourth-order valence-electron chi connectivity index (χ4n) is 0.684. The Morgan fingerprint density at radius 2 is 1.83 bits per heavy atom. The van der Waals surface area contributed by atoms with Crippen molar-refractivity contribution in [1.29, 1.82) is 0 Å². The van der Waals surface area contributed by atoms with Crippen molar-refractivity contribution >= 4 is 5.91 Å². The van der Waals surface area contributed by atoms with Gasteiger partial charge in [0.1, 0.15) is 0 Å². The minimum atomic E-state index is -1.39. The minimum Gasteiger partial charge on any atom is -0.387 e. The van der Waals surface area contributed by atoms with E-state index in [0.29, 0.717) is 0 Å². The van der Waals surface area contributed by atoms with E-state index in [1.165, 1.54) is 13.8 Å². The predicted molar refractivity (Wildman–Crippen MR) is 45.6 cm³/mol. The third kappa shape index (κ3) is 3.69. The molecule has 1 atom stereocenters. The number of aliphatic hydroxyl groups excluding tert-OH is 1. The van der Waals surface area contributed by atoms with Crippen LogP contribution in [0.25, 0.3) is 0 Å². The van der Waals surface area contributed by atoms with Crippen molar-refractivity contribution < 1.29 is 15.0 Å². The van der Waals surface area contributed by atoms with Gasteiger partial charge in [-0.3, -0.25) is 4.79 Å². The van der Waals surface area contributed by atoms with Crippen LogP contribution in [-0.2, 0) is 4.79 Å². The van der Waals surface area contributed by atoms with Crippen molar-refractivity contribution in [1.82, 2.24) is 5.32 Å². The maximum absolute atomic E-state index is 11.1. The van der Waals surface area contributed by atoms with Gasteiger partial charge in [-0.15, -0.1) is 0 Å². The summed E-state index contributed by atoms with van der Waals surface area (Å²) >= 11 is 0. The van der Waals surface area contributed by atoms with Gasteiger partial charge < -0.3 is 15.5 Å². The van der Waals surface area contributed by atoms with Gasteiger partial charge in [0.15, 0.2) is 6.10 Å². The standard InChI is InChI=1S/C8H17NO3/c1-5(2)9-7(11)6(10)8(3,4)12/h5-6,10,12H,1-4H3,(H,9,11)/t6-/m1/s1. The summed E-state index contributed by atoms with van der Waals surface area (Å²) in [6.07, 6.45) is -1.38. The van der Waals surface area contributed by atoms with E-state index in [9.17, 15) is 15.0 Å². The lowest BCUT2D eigenvalue weighted by molar-refractivity contribution is -0.142. The van der Waals surface area contributed by atoms with Crippen LogP contribution in [0.15, 0.2) is 0 Å². The molecule has 4 heteroatoms. The maximum atomic E-state index is 11.1. The molecule has 0 aliphatic rings. The van der Waals surface area contributed by atoms with E-state index in [2.05, 4.69) is 5.32 Å². The van der Waals surface area contributed by atoms with E-state index >= 15 is 0 Å². The van der Waals surface area contributed by atoms with Crippen molar-refractivity contribution in [2.75, 3.05) is 0 Å². The Bertz CT molecular complexity index is 160. The Balaban J connectivity index is 4.12. The summed E-state index contributed by atoms with van der Waals surface area (Å²) in [5.74, 6) is -0.544. The number of carbonyl (C=O) groups excluding carboxylic acids is 1. The van der Waals surface area contributed by atoms with Crippen LogP contribution < -0.4 is 5.32 Å². The number of hydrogen-bond donors (Lipinski definition) is 3. The summed E-state index contributed by atoms with van der Waals surface area (Å²) in [6.45, 7) is 6.35. The van der Waals surface area contributed by atoms with Gasteiger partial charge in [-0.1, -0.05) is 0 Å². The lowest BCUT2D eigenvalue weighted by atomic mass is 10.0. The van der Waals surface area contributed by atoms with Crippen LogP contribution in [0.3, 0.4) is 0 Å². The van der Waals surface area contributed by atoms with Crippen molar-refractivity contribution in [2.45, 2.75) is 45.4 Å². The highest BCUT2D eigenvalue weighted by Crippen LogP contribution is 2.07. The van der Waals surface area contributed by atoms with Crippen molar-refractivity contribution in [3.8, 4) is 0 Å². The van der Waals surface area contributed by atoms with E-state index in [1.54, 1.807) is 13.8 Å². The van der Waals surface area contributed by atoms with Gasteiger partial charge in [-0.05, 0) is 27.7 Å². The second-order valence-electron chi connectivity index (χ2n) is 3.72. The third-order valence-corrected chi connectivity index (χ3v) is 1.35. The first-order valence-electron chi connectivity index (χ1n) is 3.96.